The summed E-state index contributed by atoms with van der Waals surface area (Å²) in [6, 6.07) is 36.7. The zero-order valence-corrected chi connectivity index (χ0v) is 39.6. The molecule has 3 aliphatic rings. The first-order valence-corrected chi connectivity index (χ1v) is 22.8. The van der Waals surface area contributed by atoms with Crippen LogP contribution < -0.4 is 25.5 Å². The van der Waals surface area contributed by atoms with E-state index in [0.29, 0.717) is 0 Å². The van der Waals surface area contributed by atoms with E-state index in [1.165, 1.54) is 93.3 Å². The standard InChI is InChI=1S/C55H65BN2S/c1-50(2,3)33-17-21-37(22-18-33)57-43-26-20-34(51(4,5)6)27-42(43)56-47-44(57)28-36(53(10,11)12)29-45(47)58(38-23-25-40-41(31-38)55(15,16)32-54(40,13)14)48-39-24-19-35(52(7,8)9)30-46(39)59-49(48)56/h17-31H,32H2,1-16H3. The van der Waals surface area contributed by atoms with Crippen molar-refractivity contribution in [3.8, 4) is 0 Å². The molecule has 0 unspecified atom stereocenters. The first kappa shape index (κ1) is 40.1. The third-order valence-electron chi connectivity index (χ3n) is 13.9. The topological polar surface area (TPSA) is 6.48 Å². The van der Waals surface area contributed by atoms with Crippen molar-refractivity contribution in [2.75, 3.05) is 9.80 Å². The Morgan fingerprint density at radius 1 is 0.492 bits per heavy atom. The third kappa shape index (κ3) is 6.33. The largest absolute Gasteiger partial charge is 0.311 e. The lowest BCUT2D eigenvalue weighted by Crippen LogP contribution is -2.60. The molecule has 0 fully saturated rings. The fraction of sp³-hybridized carbons (Fsp3) is 0.418. The Kier molecular flexibility index (Phi) is 8.60. The van der Waals surface area contributed by atoms with E-state index in [1.807, 2.05) is 11.3 Å². The van der Waals surface area contributed by atoms with Gasteiger partial charge in [0.25, 0.3) is 6.71 Å². The molecule has 0 saturated heterocycles. The van der Waals surface area contributed by atoms with E-state index in [9.17, 15) is 0 Å². The summed E-state index contributed by atoms with van der Waals surface area (Å²) in [7, 11) is 0. The predicted molar refractivity (Wildman–Crippen MR) is 261 cm³/mol. The summed E-state index contributed by atoms with van der Waals surface area (Å²) >= 11 is 2.02. The van der Waals surface area contributed by atoms with E-state index in [2.05, 4.69) is 212 Å². The van der Waals surface area contributed by atoms with Gasteiger partial charge in [-0.1, -0.05) is 153 Å². The van der Waals surface area contributed by atoms with Crippen molar-refractivity contribution in [1.82, 2.24) is 0 Å². The average molecular weight is 797 g/mol. The molecule has 0 radical (unpaired) electrons. The van der Waals surface area contributed by atoms with Gasteiger partial charge in [-0.25, -0.2) is 0 Å². The van der Waals surface area contributed by atoms with Gasteiger partial charge in [0.2, 0.25) is 0 Å². The number of fused-ring (bicyclic) bond motifs is 7. The number of thiophene rings is 1. The first-order chi connectivity index (χ1) is 27.3. The fourth-order valence-electron chi connectivity index (χ4n) is 10.6. The maximum Gasteiger partial charge on any atom is 0.264 e. The highest BCUT2D eigenvalue weighted by Gasteiger charge is 2.47. The summed E-state index contributed by atoms with van der Waals surface area (Å²) in [5.74, 6) is 0. The van der Waals surface area contributed by atoms with Crippen LogP contribution in [0.25, 0.3) is 10.1 Å². The van der Waals surface area contributed by atoms with E-state index in [-0.39, 0.29) is 39.2 Å². The number of anilines is 6. The quantitative estimate of drug-likeness (QED) is 0.161. The summed E-state index contributed by atoms with van der Waals surface area (Å²) in [6.07, 6.45) is 1.15. The minimum absolute atomic E-state index is 0.00369. The molecule has 0 spiro atoms. The lowest BCUT2D eigenvalue weighted by Gasteiger charge is -2.44. The van der Waals surface area contributed by atoms with Crippen LogP contribution in [0.1, 0.15) is 151 Å². The monoisotopic (exact) mass is 796 g/mol. The molecular weight excluding hydrogens is 731 g/mol. The van der Waals surface area contributed by atoms with Gasteiger partial charge in [-0.15, -0.1) is 11.3 Å². The second-order valence-corrected chi connectivity index (χ2v) is 24.6. The van der Waals surface area contributed by atoms with Crippen LogP contribution in [0.3, 0.4) is 0 Å². The fourth-order valence-corrected chi connectivity index (χ4v) is 12.0. The van der Waals surface area contributed by atoms with Crippen LogP contribution in [0.5, 0.6) is 0 Å². The molecule has 2 nitrogen and oxygen atoms in total. The molecule has 0 N–H and O–H groups in total. The van der Waals surface area contributed by atoms with Gasteiger partial charge < -0.3 is 9.80 Å². The van der Waals surface area contributed by atoms with Crippen LogP contribution in [0, 0.1) is 0 Å². The van der Waals surface area contributed by atoms with Crippen molar-refractivity contribution in [2.24, 2.45) is 0 Å². The summed E-state index contributed by atoms with van der Waals surface area (Å²) in [5, 5.41) is 1.35. The van der Waals surface area contributed by atoms with Gasteiger partial charge in [0.05, 0.1) is 5.69 Å². The maximum absolute atomic E-state index is 2.69. The molecule has 0 saturated carbocycles. The highest BCUT2D eigenvalue weighted by molar-refractivity contribution is 7.33. The third-order valence-corrected chi connectivity index (χ3v) is 15.1. The molecule has 6 aromatic rings. The van der Waals surface area contributed by atoms with Crippen molar-refractivity contribution < 1.29 is 0 Å². The Morgan fingerprint density at radius 2 is 1.02 bits per heavy atom. The molecule has 9 rings (SSSR count). The second-order valence-electron chi connectivity index (χ2n) is 23.6. The molecule has 0 atom stereocenters. The number of rotatable bonds is 2. The molecule has 3 heterocycles. The maximum atomic E-state index is 2.69. The Balaban J connectivity index is 1.42. The summed E-state index contributed by atoms with van der Waals surface area (Å²) < 4.78 is 2.81. The van der Waals surface area contributed by atoms with Gasteiger partial charge in [-0.3, -0.25) is 0 Å². The van der Waals surface area contributed by atoms with Gasteiger partial charge in [-0.05, 0) is 132 Å². The van der Waals surface area contributed by atoms with Crippen LogP contribution in [0.2, 0.25) is 0 Å². The van der Waals surface area contributed by atoms with E-state index < -0.39 is 0 Å². The molecule has 2 aliphatic heterocycles. The SMILES string of the molecule is CC(C)(C)c1ccc(N2c3ccc(C(C)(C)C)cc3B3c4sc5cc(C(C)(C)C)ccc5c4N(c4ccc5c(c4)C(C)(C)CC5(C)C)c4cc(C(C)(C)C)cc2c43)cc1. The van der Waals surface area contributed by atoms with Crippen LogP contribution >= 0.6 is 11.3 Å². The zero-order chi connectivity index (χ0) is 42.6. The van der Waals surface area contributed by atoms with E-state index in [0.717, 1.165) is 6.42 Å². The molecular formula is C55H65BN2S. The van der Waals surface area contributed by atoms with Crippen LogP contribution in [-0.2, 0) is 32.5 Å². The predicted octanol–water partition coefficient (Wildman–Crippen LogP) is 14.1. The first-order valence-electron chi connectivity index (χ1n) is 22.0. The minimum Gasteiger partial charge on any atom is -0.311 e. The molecule has 1 aliphatic carbocycles. The number of hydrogen-bond acceptors (Lipinski definition) is 3. The van der Waals surface area contributed by atoms with E-state index in [1.54, 1.807) is 0 Å². The number of hydrogen-bond donors (Lipinski definition) is 0. The van der Waals surface area contributed by atoms with Crippen LogP contribution in [0.4, 0.5) is 34.1 Å². The highest BCUT2D eigenvalue weighted by Crippen LogP contribution is 2.54. The molecule has 1 aromatic heterocycles. The smallest absolute Gasteiger partial charge is 0.264 e. The summed E-state index contributed by atoms with van der Waals surface area (Å²) in [4.78, 5) is 5.29. The van der Waals surface area contributed by atoms with E-state index >= 15 is 0 Å². The van der Waals surface area contributed by atoms with Gasteiger partial charge in [0.1, 0.15) is 0 Å². The van der Waals surface area contributed by atoms with E-state index in [4.69, 9.17) is 0 Å². The van der Waals surface area contributed by atoms with Crippen molar-refractivity contribution >= 4 is 78.0 Å². The van der Waals surface area contributed by atoms with Gasteiger partial charge in [0.15, 0.2) is 0 Å². The van der Waals surface area contributed by atoms with Gasteiger partial charge in [0, 0.05) is 43.3 Å². The van der Waals surface area contributed by atoms with Crippen molar-refractivity contribution in [3.63, 3.8) is 0 Å². The lowest BCUT2D eigenvalue weighted by molar-refractivity contribution is 0.403. The lowest BCUT2D eigenvalue weighted by atomic mass is 9.36. The highest BCUT2D eigenvalue weighted by atomic mass is 32.1. The Labute approximate surface area is 360 Å². The molecule has 4 heteroatoms. The normalized spacial score (nSPS) is 16.9. The number of nitrogens with zero attached hydrogens (tertiary/aromatic N) is 2. The van der Waals surface area contributed by atoms with Crippen molar-refractivity contribution in [3.05, 3.63) is 124 Å². The van der Waals surface area contributed by atoms with Gasteiger partial charge in [-0.2, -0.15) is 0 Å². The Morgan fingerprint density at radius 3 is 1.63 bits per heavy atom. The number of benzene rings is 5. The van der Waals surface area contributed by atoms with Crippen molar-refractivity contribution in [1.29, 1.82) is 0 Å². The Bertz CT molecular complexity index is 2680. The molecule has 0 amide bonds. The summed E-state index contributed by atoms with van der Waals surface area (Å²) in [6.45, 7) is 38.0. The second kappa shape index (κ2) is 12.6. The molecule has 304 valence electrons. The van der Waals surface area contributed by atoms with Crippen molar-refractivity contribution in [2.45, 2.75) is 150 Å². The Hall–Kier alpha value is -4.28. The minimum atomic E-state index is -0.0760. The molecule has 5 aromatic carbocycles. The average Bonchev–Trinajstić information content (AvgIpc) is 3.59. The van der Waals surface area contributed by atoms with Gasteiger partial charge >= 0.3 is 0 Å². The molecule has 0 bridgehead atoms. The van der Waals surface area contributed by atoms with Crippen LogP contribution in [0.15, 0.2) is 91.0 Å². The molecule has 59 heavy (non-hydrogen) atoms. The van der Waals surface area contributed by atoms with Crippen LogP contribution in [-0.4, -0.2) is 6.71 Å². The summed E-state index contributed by atoms with van der Waals surface area (Å²) in [5.41, 5.74) is 19.2. The zero-order valence-electron chi connectivity index (χ0n) is 38.7.